The van der Waals surface area contributed by atoms with Crippen LogP contribution in [0.1, 0.15) is 5.56 Å². The Bertz CT molecular complexity index is 1080. The maximum Gasteiger partial charge on any atom is 0.269 e. The van der Waals surface area contributed by atoms with Crippen molar-refractivity contribution in [2.45, 2.75) is 4.90 Å². The van der Waals surface area contributed by atoms with E-state index in [-0.39, 0.29) is 11.6 Å². The fourth-order valence-electron chi connectivity index (χ4n) is 2.70. The van der Waals surface area contributed by atoms with Crippen LogP contribution in [0.5, 0.6) is 0 Å². The Kier molecular flexibility index (Phi) is 7.20. The molecule has 1 heterocycles. The first kappa shape index (κ1) is 21.9. The van der Waals surface area contributed by atoms with E-state index in [1.165, 1.54) is 29.5 Å². The number of nitrogens with zero attached hydrogens (tertiary/aromatic N) is 4. The second-order valence-corrected chi connectivity index (χ2v) is 8.69. The van der Waals surface area contributed by atoms with Crippen molar-refractivity contribution >= 4 is 56.1 Å². The van der Waals surface area contributed by atoms with Crippen LogP contribution in [0.25, 0.3) is 16.3 Å². The maximum absolute atomic E-state index is 13.0. The smallest absolute Gasteiger partial charge is 0.269 e. The summed E-state index contributed by atoms with van der Waals surface area (Å²) in [4.78, 5) is 32.8. The highest BCUT2D eigenvalue weighted by atomic mass is 32.2. The molecule has 9 heteroatoms. The number of carbonyl (C=O) groups is 1. The molecular formula is C21H22N4O3S2. The Labute approximate surface area is 183 Å². The number of likely N-dealkylation sites (N-methyl/N-ethyl adjacent to an activating group) is 1. The molecule has 1 aromatic heterocycles. The first-order chi connectivity index (χ1) is 14.4. The number of hydrogen-bond donors (Lipinski definition) is 0. The summed E-state index contributed by atoms with van der Waals surface area (Å²) in [7, 11) is 3.91. The van der Waals surface area contributed by atoms with Gasteiger partial charge in [0.2, 0.25) is 0 Å². The maximum atomic E-state index is 13.0. The van der Waals surface area contributed by atoms with Crippen LogP contribution in [0.3, 0.4) is 0 Å². The molecule has 0 spiro atoms. The second-order valence-electron chi connectivity index (χ2n) is 6.81. The van der Waals surface area contributed by atoms with Crippen LogP contribution in [-0.2, 0) is 4.79 Å². The fourth-order valence-corrected chi connectivity index (χ4v) is 4.25. The molecule has 0 saturated heterocycles. The molecule has 0 aliphatic carbocycles. The number of hydrogen-bond acceptors (Lipinski definition) is 7. The molecule has 0 saturated carbocycles. The third kappa shape index (κ3) is 5.44. The number of nitro benzene ring substituents is 1. The summed E-state index contributed by atoms with van der Waals surface area (Å²) in [5.74, 6) is -0.181. The topological polar surface area (TPSA) is 79.6 Å². The lowest BCUT2D eigenvalue weighted by atomic mass is 10.2. The van der Waals surface area contributed by atoms with Crippen molar-refractivity contribution in [1.82, 2.24) is 9.88 Å². The standard InChI is InChI=1S/C21H22N4O3S2/c1-23(2)12-13-24(21-22-18-10-9-17(29-3)14-19(18)30-21)20(26)11-6-15-4-7-16(8-5-15)25(27)28/h4-11,14H,12-13H2,1-3H3. The van der Waals surface area contributed by atoms with Gasteiger partial charge < -0.3 is 4.90 Å². The molecule has 30 heavy (non-hydrogen) atoms. The van der Waals surface area contributed by atoms with Gasteiger partial charge in [0.25, 0.3) is 11.6 Å². The largest absolute Gasteiger partial charge is 0.308 e. The molecule has 3 aromatic rings. The second kappa shape index (κ2) is 9.84. The number of benzene rings is 2. The number of fused-ring (bicyclic) bond motifs is 1. The normalized spacial score (nSPS) is 11.5. The van der Waals surface area contributed by atoms with Crippen molar-refractivity contribution in [1.29, 1.82) is 0 Å². The molecule has 1 amide bonds. The Morgan fingerprint density at radius 3 is 2.57 bits per heavy atom. The van der Waals surface area contributed by atoms with Gasteiger partial charge in [-0.15, -0.1) is 11.8 Å². The van der Waals surface area contributed by atoms with Crippen LogP contribution < -0.4 is 4.90 Å². The van der Waals surface area contributed by atoms with Crippen LogP contribution in [0.2, 0.25) is 0 Å². The Balaban J connectivity index is 1.85. The lowest BCUT2D eigenvalue weighted by molar-refractivity contribution is -0.384. The summed E-state index contributed by atoms with van der Waals surface area (Å²) in [6.07, 6.45) is 5.17. The summed E-state index contributed by atoms with van der Waals surface area (Å²) >= 11 is 3.16. The third-order valence-corrected chi connectivity index (χ3v) is 6.14. The van der Waals surface area contributed by atoms with Crippen LogP contribution >= 0.6 is 23.1 Å². The van der Waals surface area contributed by atoms with Gasteiger partial charge in [0, 0.05) is 36.2 Å². The zero-order valence-corrected chi connectivity index (χ0v) is 18.6. The van der Waals surface area contributed by atoms with Gasteiger partial charge >= 0.3 is 0 Å². The van der Waals surface area contributed by atoms with Crippen LogP contribution in [0.15, 0.2) is 53.4 Å². The monoisotopic (exact) mass is 442 g/mol. The molecule has 0 fully saturated rings. The van der Waals surface area contributed by atoms with Crippen molar-refractivity contribution in [3.05, 3.63) is 64.2 Å². The van der Waals surface area contributed by atoms with Gasteiger partial charge in [-0.25, -0.2) is 4.98 Å². The van der Waals surface area contributed by atoms with Gasteiger partial charge in [-0.05, 0) is 62.3 Å². The van der Waals surface area contributed by atoms with Gasteiger partial charge in [-0.3, -0.25) is 19.8 Å². The predicted octanol–water partition coefficient (Wildman–Crippen LogP) is 4.53. The molecule has 2 aromatic carbocycles. The SMILES string of the molecule is CSc1ccc2nc(N(CCN(C)C)C(=O)C=Cc3ccc([N+](=O)[O-])cc3)sc2c1. The van der Waals surface area contributed by atoms with Crippen LogP contribution in [0.4, 0.5) is 10.8 Å². The van der Waals surface area contributed by atoms with E-state index in [0.29, 0.717) is 18.2 Å². The van der Waals surface area contributed by atoms with Crippen molar-refractivity contribution in [2.24, 2.45) is 0 Å². The van der Waals surface area contributed by atoms with Gasteiger partial charge in [-0.2, -0.15) is 0 Å². The number of rotatable bonds is 8. The predicted molar refractivity (Wildman–Crippen MR) is 124 cm³/mol. The fraction of sp³-hybridized carbons (Fsp3) is 0.238. The van der Waals surface area contributed by atoms with Crippen LogP contribution in [0, 0.1) is 10.1 Å². The zero-order valence-electron chi connectivity index (χ0n) is 16.9. The van der Waals surface area contributed by atoms with Gasteiger partial charge in [0.1, 0.15) is 0 Å². The highest BCUT2D eigenvalue weighted by molar-refractivity contribution is 7.98. The molecule has 0 bridgehead atoms. The number of thiazole rings is 1. The minimum absolute atomic E-state index is 0.0187. The van der Waals surface area contributed by atoms with Crippen molar-refractivity contribution in [2.75, 3.05) is 38.3 Å². The number of thioether (sulfide) groups is 1. The average molecular weight is 443 g/mol. The Morgan fingerprint density at radius 1 is 1.20 bits per heavy atom. The highest BCUT2D eigenvalue weighted by Crippen LogP contribution is 2.31. The zero-order chi connectivity index (χ0) is 21.7. The van der Waals surface area contributed by atoms with E-state index in [9.17, 15) is 14.9 Å². The van der Waals surface area contributed by atoms with Crippen LogP contribution in [-0.4, -0.2) is 54.2 Å². The van der Waals surface area contributed by atoms with Gasteiger partial charge in [0.05, 0.1) is 15.1 Å². The Morgan fingerprint density at radius 2 is 1.93 bits per heavy atom. The van der Waals surface area contributed by atoms with E-state index < -0.39 is 4.92 Å². The quantitative estimate of drug-likeness (QED) is 0.221. The molecule has 0 unspecified atom stereocenters. The number of non-ortho nitro benzene ring substituents is 1. The molecule has 7 nitrogen and oxygen atoms in total. The molecule has 156 valence electrons. The minimum atomic E-state index is -0.447. The van der Waals surface area contributed by atoms with E-state index in [0.717, 1.165) is 20.7 Å². The number of carbonyl (C=O) groups excluding carboxylic acids is 1. The molecule has 0 atom stereocenters. The van der Waals surface area contributed by atoms with E-state index in [4.69, 9.17) is 0 Å². The first-order valence-electron chi connectivity index (χ1n) is 9.20. The molecule has 0 aliphatic heterocycles. The third-order valence-electron chi connectivity index (χ3n) is 4.37. The number of nitro groups is 1. The summed E-state index contributed by atoms with van der Waals surface area (Å²) in [5.41, 5.74) is 1.61. The van der Waals surface area contributed by atoms with E-state index in [2.05, 4.69) is 11.1 Å². The van der Waals surface area contributed by atoms with Crippen molar-refractivity contribution in [3.63, 3.8) is 0 Å². The molecule has 0 aliphatic rings. The first-order valence-corrected chi connectivity index (χ1v) is 11.2. The van der Waals surface area contributed by atoms with Gasteiger partial charge in [-0.1, -0.05) is 11.3 Å². The lowest BCUT2D eigenvalue weighted by Gasteiger charge is -2.20. The van der Waals surface area contributed by atoms with Crippen molar-refractivity contribution < 1.29 is 9.72 Å². The Hall–Kier alpha value is -2.75. The van der Waals surface area contributed by atoms with Gasteiger partial charge in [0.15, 0.2) is 5.13 Å². The van der Waals surface area contributed by atoms with E-state index in [1.54, 1.807) is 34.9 Å². The summed E-state index contributed by atoms with van der Waals surface area (Å²) in [6.45, 7) is 1.20. The summed E-state index contributed by atoms with van der Waals surface area (Å²) < 4.78 is 1.04. The summed E-state index contributed by atoms with van der Waals surface area (Å²) in [6, 6.07) is 12.2. The minimum Gasteiger partial charge on any atom is -0.308 e. The van der Waals surface area contributed by atoms with E-state index >= 15 is 0 Å². The molecular weight excluding hydrogens is 420 g/mol. The van der Waals surface area contributed by atoms with E-state index in [1.807, 2.05) is 37.4 Å². The number of aromatic nitrogens is 1. The molecule has 3 rings (SSSR count). The molecule has 0 N–H and O–H groups in total. The number of amides is 1. The van der Waals surface area contributed by atoms with Crippen molar-refractivity contribution in [3.8, 4) is 0 Å². The molecule has 0 radical (unpaired) electrons. The lowest BCUT2D eigenvalue weighted by Crippen LogP contribution is -2.35. The average Bonchev–Trinajstić information content (AvgIpc) is 3.15. The number of anilines is 1. The highest BCUT2D eigenvalue weighted by Gasteiger charge is 2.18. The summed E-state index contributed by atoms with van der Waals surface area (Å²) in [5, 5.41) is 11.4.